The third-order valence-electron chi connectivity index (χ3n) is 3.12. The van der Waals surface area contributed by atoms with Gasteiger partial charge < -0.3 is 10.1 Å². The summed E-state index contributed by atoms with van der Waals surface area (Å²) in [4.78, 5) is 0. The highest BCUT2D eigenvalue weighted by atomic mass is 16.5. The first-order chi connectivity index (χ1) is 7.18. The normalized spacial score (nSPS) is 19.7. The Morgan fingerprint density at radius 2 is 2.13 bits per heavy atom. The molecule has 0 bridgehead atoms. The van der Waals surface area contributed by atoms with Gasteiger partial charge >= 0.3 is 0 Å². The Labute approximate surface area is 94.1 Å². The first-order valence-electron chi connectivity index (χ1n) is 6.17. The lowest BCUT2D eigenvalue weighted by atomic mass is 9.77. The van der Waals surface area contributed by atoms with Crippen LogP contribution in [0.25, 0.3) is 0 Å². The van der Waals surface area contributed by atoms with Gasteiger partial charge in [-0.3, -0.25) is 0 Å². The highest BCUT2D eigenvalue weighted by Crippen LogP contribution is 2.38. The molecule has 15 heavy (non-hydrogen) atoms. The van der Waals surface area contributed by atoms with E-state index in [9.17, 15) is 0 Å². The van der Waals surface area contributed by atoms with Gasteiger partial charge in [0.05, 0.1) is 12.2 Å². The molecule has 0 heterocycles. The molecule has 0 aromatic rings. The van der Waals surface area contributed by atoms with Crippen LogP contribution >= 0.6 is 0 Å². The van der Waals surface area contributed by atoms with Crippen molar-refractivity contribution in [1.82, 2.24) is 5.32 Å². The molecule has 0 radical (unpaired) electrons. The molecule has 1 saturated carbocycles. The van der Waals surface area contributed by atoms with Gasteiger partial charge in [0.25, 0.3) is 0 Å². The highest BCUT2D eigenvalue weighted by Gasteiger charge is 2.37. The van der Waals surface area contributed by atoms with E-state index in [2.05, 4.69) is 31.3 Å². The van der Waals surface area contributed by atoms with Gasteiger partial charge in [0.2, 0.25) is 0 Å². The van der Waals surface area contributed by atoms with Crippen molar-refractivity contribution in [1.29, 1.82) is 0 Å². The summed E-state index contributed by atoms with van der Waals surface area (Å²) in [5, 5.41) is 3.46. The molecule has 0 atom stereocenters. The molecule has 2 nitrogen and oxygen atoms in total. The van der Waals surface area contributed by atoms with Crippen LogP contribution in [0.2, 0.25) is 0 Å². The summed E-state index contributed by atoms with van der Waals surface area (Å²) in [5.74, 6) is 0. The maximum absolute atomic E-state index is 5.96. The van der Waals surface area contributed by atoms with Crippen molar-refractivity contribution in [2.45, 2.75) is 58.1 Å². The maximum Gasteiger partial charge on any atom is 0.0699 e. The highest BCUT2D eigenvalue weighted by molar-refractivity contribution is 4.92. The minimum Gasteiger partial charge on any atom is -0.371 e. The molecule has 0 saturated heterocycles. The quantitative estimate of drug-likeness (QED) is 0.654. The van der Waals surface area contributed by atoms with Gasteiger partial charge in [-0.15, -0.1) is 0 Å². The lowest BCUT2D eigenvalue weighted by molar-refractivity contribution is -0.0932. The lowest BCUT2D eigenvalue weighted by Gasteiger charge is -2.41. The van der Waals surface area contributed by atoms with E-state index in [1.54, 1.807) is 0 Å². The van der Waals surface area contributed by atoms with Crippen LogP contribution in [0.5, 0.6) is 0 Å². The van der Waals surface area contributed by atoms with Crippen molar-refractivity contribution in [3.63, 3.8) is 0 Å². The zero-order valence-electron chi connectivity index (χ0n) is 10.4. The predicted molar refractivity (Wildman–Crippen MR) is 65.1 cm³/mol. The standard InChI is InChI=1S/C13H25NO/c1-4-5-11-15-13(7-6-8-13)9-10-14-12(2)3/h4-5,12,14H,6-11H2,1-3H3/b5-4+. The first-order valence-corrected chi connectivity index (χ1v) is 6.17. The summed E-state index contributed by atoms with van der Waals surface area (Å²) in [6.45, 7) is 8.27. The van der Waals surface area contributed by atoms with Crippen molar-refractivity contribution in [2.24, 2.45) is 0 Å². The molecule has 1 rings (SSSR count). The van der Waals surface area contributed by atoms with Gasteiger partial charge in [0.1, 0.15) is 0 Å². The van der Waals surface area contributed by atoms with Crippen molar-refractivity contribution in [3.8, 4) is 0 Å². The number of nitrogens with one attached hydrogen (secondary N) is 1. The predicted octanol–water partition coefficient (Wildman–Crippen LogP) is 2.89. The molecular weight excluding hydrogens is 186 g/mol. The van der Waals surface area contributed by atoms with E-state index in [1.807, 2.05) is 6.92 Å². The summed E-state index contributed by atoms with van der Waals surface area (Å²) >= 11 is 0. The van der Waals surface area contributed by atoms with Crippen LogP contribution in [0.1, 0.15) is 46.5 Å². The second kappa shape index (κ2) is 6.29. The first kappa shape index (κ1) is 12.7. The smallest absolute Gasteiger partial charge is 0.0699 e. The Morgan fingerprint density at radius 3 is 2.60 bits per heavy atom. The number of hydrogen-bond acceptors (Lipinski definition) is 2. The minimum atomic E-state index is 0.196. The minimum absolute atomic E-state index is 0.196. The van der Waals surface area contributed by atoms with Crippen LogP contribution < -0.4 is 5.32 Å². The molecule has 0 aromatic heterocycles. The fourth-order valence-electron chi connectivity index (χ4n) is 1.95. The average molecular weight is 211 g/mol. The molecule has 2 heteroatoms. The van der Waals surface area contributed by atoms with Crippen LogP contribution in [0.3, 0.4) is 0 Å². The molecule has 0 aliphatic heterocycles. The Bertz CT molecular complexity index is 195. The Morgan fingerprint density at radius 1 is 1.40 bits per heavy atom. The molecular formula is C13H25NO. The van der Waals surface area contributed by atoms with Crippen molar-refractivity contribution in [2.75, 3.05) is 13.2 Å². The second-order valence-corrected chi connectivity index (χ2v) is 4.78. The van der Waals surface area contributed by atoms with Gasteiger partial charge in [-0.05, 0) is 39.2 Å². The summed E-state index contributed by atoms with van der Waals surface area (Å²) in [6, 6.07) is 0.581. The summed E-state index contributed by atoms with van der Waals surface area (Å²) in [7, 11) is 0. The van der Waals surface area contributed by atoms with Crippen LogP contribution in [0, 0.1) is 0 Å². The van der Waals surface area contributed by atoms with E-state index in [-0.39, 0.29) is 5.60 Å². The van der Waals surface area contributed by atoms with E-state index < -0.39 is 0 Å². The number of hydrogen-bond donors (Lipinski definition) is 1. The summed E-state index contributed by atoms with van der Waals surface area (Å²) in [5.41, 5.74) is 0.196. The lowest BCUT2D eigenvalue weighted by Crippen LogP contribution is -2.43. The Hall–Kier alpha value is -0.340. The van der Waals surface area contributed by atoms with Gasteiger partial charge in [-0.2, -0.15) is 0 Å². The molecule has 88 valence electrons. The third-order valence-corrected chi connectivity index (χ3v) is 3.12. The zero-order valence-corrected chi connectivity index (χ0v) is 10.4. The summed E-state index contributed by atoms with van der Waals surface area (Å²) in [6.07, 6.45) is 9.11. The van der Waals surface area contributed by atoms with Crippen molar-refractivity contribution < 1.29 is 4.74 Å². The molecule has 0 amide bonds. The zero-order chi connectivity index (χ0) is 11.1. The molecule has 1 N–H and O–H groups in total. The van der Waals surface area contributed by atoms with Crippen LogP contribution in [-0.2, 0) is 4.74 Å². The molecule has 0 spiro atoms. The number of rotatable bonds is 7. The van der Waals surface area contributed by atoms with E-state index >= 15 is 0 Å². The van der Waals surface area contributed by atoms with Crippen LogP contribution in [0.4, 0.5) is 0 Å². The second-order valence-electron chi connectivity index (χ2n) is 4.78. The van der Waals surface area contributed by atoms with E-state index in [4.69, 9.17) is 4.74 Å². The fourth-order valence-corrected chi connectivity index (χ4v) is 1.95. The number of ether oxygens (including phenoxy) is 1. The molecule has 1 fully saturated rings. The fraction of sp³-hybridized carbons (Fsp3) is 0.846. The van der Waals surface area contributed by atoms with Crippen LogP contribution in [-0.4, -0.2) is 24.8 Å². The van der Waals surface area contributed by atoms with E-state index in [0.29, 0.717) is 6.04 Å². The Balaban J connectivity index is 2.20. The topological polar surface area (TPSA) is 21.3 Å². The van der Waals surface area contributed by atoms with Crippen molar-refractivity contribution >= 4 is 0 Å². The largest absolute Gasteiger partial charge is 0.371 e. The molecule has 1 aliphatic rings. The van der Waals surface area contributed by atoms with E-state index in [1.165, 1.54) is 19.3 Å². The summed E-state index contributed by atoms with van der Waals surface area (Å²) < 4.78 is 5.96. The van der Waals surface area contributed by atoms with Gasteiger partial charge in [-0.25, -0.2) is 0 Å². The van der Waals surface area contributed by atoms with E-state index in [0.717, 1.165) is 19.6 Å². The third kappa shape index (κ3) is 4.35. The van der Waals surface area contributed by atoms with Crippen LogP contribution in [0.15, 0.2) is 12.2 Å². The molecule has 0 aromatic carbocycles. The SMILES string of the molecule is C/C=C/COC1(CCNC(C)C)CCC1. The van der Waals surface area contributed by atoms with Gasteiger partial charge in [0.15, 0.2) is 0 Å². The average Bonchev–Trinajstić information content (AvgIpc) is 2.12. The van der Waals surface area contributed by atoms with Gasteiger partial charge in [0, 0.05) is 6.04 Å². The monoisotopic (exact) mass is 211 g/mol. The van der Waals surface area contributed by atoms with Crippen molar-refractivity contribution in [3.05, 3.63) is 12.2 Å². The maximum atomic E-state index is 5.96. The number of allylic oxidation sites excluding steroid dienone is 1. The van der Waals surface area contributed by atoms with Gasteiger partial charge in [-0.1, -0.05) is 26.0 Å². The molecule has 0 unspecified atom stereocenters. The molecule has 1 aliphatic carbocycles. The Kier molecular flexibility index (Phi) is 5.34.